The Morgan fingerprint density at radius 1 is 0.722 bits per heavy atom. The Morgan fingerprint density at radius 2 is 1.33 bits per heavy atom. The first-order chi connectivity index (χ1) is 17.5. The first-order valence-corrected chi connectivity index (χ1v) is 13.2. The van der Waals surface area contributed by atoms with Crippen LogP contribution in [0, 0.1) is 0 Å². The third kappa shape index (κ3) is 6.19. The summed E-state index contributed by atoms with van der Waals surface area (Å²) in [6.45, 7) is 2.35. The molecule has 0 amide bonds. The molecule has 4 aromatic carbocycles. The van der Waals surface area contributed by atoms with Gasteiger partial charge in [0, 0.05) is 13.1 Å². The van der Waals surface area contributed by atoms with Crippen molar-refractivity contribution in [3.63, 3.8) is 0 Å². The Kier molecular flexibility index (Phi) is 8.15. The Morgan fingerprint density at radius 3 is 2.00 bits per heavy atom. The summed E-state index contributed by atoms with van der Waals surface area (Å²) in [6, 6.07) is 31.9. The number of benzene rings is 4. The number of anilines is 1. The van der Waals surface area contributed by atoms with E-state index in [1.165, 1.54) is 6.07 Å². The second kappa shape index (κ2) is 11.7. The van der Waals surface area contributed by atoms with Crippen LogP contribution in [0.4, 0.5) is 5.69 Å². The lowest BCUT2D eigenvalue weighted by atomic mass is 10.0. The van der Waals surface area contributed by atoms with E-state index in [-0.39, 0.29) is 29.3 Å². The van der Waals surface area contributed by atoms with Crippen LogP contribution in [-0.4, -0.2) is 21.0 Å². The maximum atomic E-state index is 13.3. The highest BCUT2D eigenvalue weighted by Crippen LogP contribution is 2.28. The fraction of sp³-hybridized carbons (Fsp3) is 0.138. The zero-order valence-corrected chi connectivity index (χ0v) is 20.8. The highest BCUT2D eigenvalue weighted by atomic mass is 32.2. The van der Waals surface area contributed by atoms with Crippen LogP contribution in [0.3, 0.4) is 0 Å². The number of rotatable bonds is 10. The highest BCUT2D eigenvalue weighted by molar-refractivity contribution is 7.89. The Bertz CT molecular complexity index is 1410. The van der Waals surface area contributed by atoms with Gasteiger partial charge >= 0.3 is 5.97 Å². The van der Waals surface area contributed by atoms with Gasteiger partial charge < -0.3 is 10.1 Å². The molecule has 4 aromatic rings. The van der Waals surface area contributed by atoms with Gasteiger partial charge in [-0.25, -0.2) is 17.9 Å². The average molecular weight is 501 g/mol. The SMILES string of the molecule is CCOC(=O)c1cccc(S(=O)(=O)NCc2ccccc2)c1NCc1ccc(-c2ccccc2)cc1. The maximum absolute atomic E-state index is 13.3. The lowest BCUT2D eigenvalue weighted by Crippen LogP contribution is -2.25. The van der Waals surface area contributed by atoms with E-state index >= 15 is 0 Å². The number of nitrogens with one attached hydrogen (secondary N) is 2. The lowest BCUT2D eigenvalue weighted by molar-refractivity contribution is 0.0527. The molecule has 0 spiro atoms. The number of carbonyl (C=O) groups is 1. The normalized spacial score (nSPS) is 11.1. The Labute approximate surface area is 212 Å². The lowest BCUT2D eigenvalue weighted by Gasteiger charge is -2.17. The summed E-state index contributed by atoms with van der Waals surface area (Å²) in [5.74, 6) is -0.584. The zero-order chi connectivity index (χ0) is 25.4. The summed E-state index contributed by atoms with van der Waals surface area (Å²) in [5, 5.41) is 3.18. The van der Waals surface area contributed by atoms with Gasteiger partial charge in [0.1, 0.15) is 4.90 Å². The molecule has 0 heterocycles. The Balaban J connectivity index is 1.59. The minimum absolute atomic E-state index is 0.00936. The molecule has 0 saturated carbocycles. The van der Waals surface area contributed by atoms with Crippen molar-refractivity contribution in [3.05, 3.63) is 120 Å². The molecule has 6 nitrogen and oxygen atoms in total. The summed E-state index contributed by atoms with van der Waals surface area (Å²) >= 11 is 0. The average Bonchev–Trinajstić information content (AvgIpc) is 2.92. The highest BCUT2D eigenvalue weighted by Gasteiger charge is 2.24. The molecular formula is C29H28N2O4S. The Hall–Kier alpha value is -3.94. The minimum atomic E-state index is -3.93. The van der Waals surface area contributed by atoms with Crippen LogP contribution in [0.25, 0.3) is 11.1 Å². The summed E-state index contributed by atoms with van der Waals surface area (Å²) in [6.07, 6.45) is 0. The van der Waals surface area contributed by atoms with Gasteiger partial charge in [-0.15, -0.1) is 0 Å². The summed E-state index contributed by atoms with van der Waals surface area (Å²) < 4.78 is 34.4. The van der Waals surface area contributed by atoms with E-state index in [9.17, 15) is 13.2 Å². The molecule has 0 atom stereocenters. The molecule has 0 aliphatic rings. The van der Waals surface area contributed by atoms with Crippen molar-refractivity contribution < 1.29 is 17.9 Å². The first kappa shape index (κ1) is 25.2. The van der Waals surface area contributed by atoms with Gasteiger partial charge in [0.25, 0.3) is 0 Å². The van der Waals surface area contributed by atoms with Crippen molar-refractivity contribution in [2.24, 2.45) is 0 Å². The fourth-order valence-corrected chi connectivity index (χ4v) is 5.03. The van der Waals surface area contributed by atoms with E-state index in [1.54, 1.807) is 19.1 Å². The van der Waals surface area contributed by atoms with Crippen LogP contribution < -0.4 is 10.0 Å². The topological polar surface area (TPSA) is 84.5 Å². The molecule has 0 fully saturated rings. The molecular weight excluding hydrogens is 472 g/mol. The van der Waals surface area contributed by atoms with E-state index in [4.69, 9.17) is 4.74 Å². The van der Waals surface area contributed by atoms with Gasteiger partial charge in [-0.2, -0.15) is 0 Å². The van der Waals surface area contributed by atoms with E-state index < -0.39 is 16.0 Å². The molecule has 0 bridgehead atoms. The van der Waals surface area contributed by atoms with Crippen LogP contribution >= 0.6 is 0 Å². The number of ether oxygens (including phenoxy) is 1. The monoisotopic (exact) mass is 500 g/mol. The zero-order valence-electron chi connectivity index (χ0n) is 20.0. The van der Waals surface area contributed by atoms with Crippen molar-refractivity contribution in [2.75, 3.05) is 11.9 Å². The second-order valence-corrected chi connectivity index (χ2v) is 9.86. The van der Waals surface area contributed by atoms with E-state index in [0.717, 1.165) is 22.3 Å². The summed E-state index contributed by atoms with van der Waals surface area (Å²) in [7, 11) is -3.93. The number of carbonyl (C=O) groups excluding carboxylic acids is 1. The maximum Gasteiger partial charge on any atom is 0.340 e. The smallest absolute Gasteiger partial charge is 0.340 e. The fourth-order valence-electron chi connectivity index (χ4n) is 3.80. The predicted molar refractivity (Wildman–Crippen MR) is 142 cm³/mol. The third-order valence-electron chi connectivity index (χ3n) is 5.65. The summed E-state index contributed by atoms with van der Waals surface area (Å²) in [5.41, 5.74) is 4.34. The van der Waals surface area contributed by atoms with Crippen LogP contribution in [0.2, 0.25) is 0 Å². The van der Waals surface area contributed by atoms with Gasteiger partial charge in [0.15, 0.2) is 0 Å². The van der Waals surface area contributed by atoms with Crippen molar-refractivity contribution in [1.82, 2.24) is 4.72 Å². The van der Waals surface area contributed by atoms with E-state index in [1.807, 2.05) is 84.9 Å². The van der Waals surface area contributed by atoms with Crippen molar-refractivity contribution >= 4 is 21.7 Å². The van der Waals surface area contributed by atoms with Crippen LogP contribution in [-0.2, 0) is 27.8 Å². The van der Waals surface area contributed by atoms with Crippen LogP contribution in [0.15, 0.2) is 108 Å². The largest absolute Gasteiger partial charge is 0.462 e. The second-order valence-electron chi connectivity index (χ2n) is 8.13. The van der Waals surface area contributed by atoms with Gasteiger partial charge in [0.2, 0.25) is 10.0 Å². The van der Waals surface area contributed by atoms with Crippen molar-refractivity contribution in [3.8, 4) is 11.1 Å². The molecule has 0 saturated heterocycles. The van der Waals surface area contributed by atoms with Gasteiger partial charge in [0.05, 0.1) is 17.9 Å². The molecule has 0 radical (unpaired) electrons. The van der Waals surface area contributed by atoms with Gasteiger partial charge in [-0.05, 0) is 41.3 Å². The molecule has 0 unspecified atom stereocenters. The van der Waals surface area contributed by atoms with Crippen molar-refractivity contribution in [2.45, 2.75) is 24.9 Å². The standard InChI is InChI=1S/C29H28N2O4S/c1-2-35-29(32)26-14-9-15-27(36(33,34)31-21-22-10-5-3-6-11-22)28(26)30-20-23-16-18-25(19-17-23)24-12-7-4-8-13-24/h3-19,30-31H,2,20-21H2,1H3. The molecule has 7 heteroatoms. The molecule has 0 aliphatic carbocycles. The number of para-hydroxylation sites is 1. The van der Waals surface area contributed by atoms with Crippen LogP contribution in [0.1, 0.15) is 28.4 Å². The molecule has 0 aromatic heterocycles. The first-order valence-electron chi connectivity index (χ1n) is 11.7. The van der Waals surface area contributed by atoms with Crippen molar-refractivity contribution in [1.29, 1.82) is 0 Å². The quantitative estimate of drug-likeness (QED) is 0.276. The molecule has 4 rings (SSSR count). The molecule has 2 N–H and O–H groups in total. The molecule has 36 heavy (non-hydrogen) atoms. The van der Waals surface area contributed by atoms with Gasteiger partial charge in [-0.3, -0.25) is 0 Å². The number of sulfonamides is 1. The minimum Gasteiger partial charge on any atom is -0.462 e. The number of hydrogen-bond acceptors (Lipinski definition) is 5. The molecule has 0 aliphatic heterocycles. The summed E-state index contributed by atoms with van der Waals surface area (Å²) in [4.78, 5) is 12.7. The predicted octanol–water partition coefficient (Wildman–Crippen LogP) is 5.62. The number of hydrogen-bond donors (Lipinski definition) is 2. The van der Waals surface area contributed by atoms with E-state index in [2.05, 4.69) is 10.0 Å². The van der Waals surface area contributed by atoms with E-state index in [0.29, 0.717) is 6.54 Å². The molecule has 184 valence electrons. The number of esters is 1. The third-order valence-corrected chi connectivity index (χ3v) is 7.09. The van der Waals surface area contributed by atoms with Gasteiger partial charge in [-0.1, -0.05) is 91.0 Å². The van der Waals surface area contributed by atoms with Crippen LogP contribution in [0.5, 0.6) is 0 Å².